The Labute approximate surface area is 120 Å². The molecular formula is C17H23NO2. The predicted octanol–water partition coefficient (Wildman–Crippen LogP) is 4.22. The molecule has 108 valence electrons. The van der Waals surface area contributed by atoms with Gasteiger partial charge < -0.3 is 9.72 Å². The zero-order valence-corrected chi connectivity index (χ0v) is 12.2. The molecule has 0 atom stereocenters. The number of para-hydroxylation sites is 1. The number of hydrogen-bond donors (Lipinski definition) is 1. The van der Waals surface area contributed by atoms with Gasteiger partial charge >= 0.3 is 5.97 Å². The zero-order chi connectivity index (χ0) is 14.2. The summed E-state index contributed by atoms with van der Waals surface area (Å²) in [5, 5.41) is 1.10. The third kappa shape index (κ3) is 4.12. The summed E-state index contributed by atoms with van der Waals surface area (Å²) in [4.78, 5) is 15.0. The van der Waals surface area contributed by atoms with E-state index in [4.69, 9.17) is 4.74 Å². The molecule has 0 saturated heterocycles. The standard InChI is InChI=1S/C17H23NO2/c1-2-3-4-5-8-11-20-17(19)12-14-13-18-16-10-7-6-9-15(14)16/h6-7,9-10,13,18H,2-5,8,11-12H2,1H3. The maximum absolute atomic E-state index is 11.8. The number of carbonyl (C=O) groups is 1. The fourth-order valence-electron chi connectivity index (χ4n) is 2.38. The average molecular weight is 273 g/mol. The smallest absolute Gasteiger partial charge is 0.310 e. The van der Waals surface area contributed by atoms with Gasteiger partial charge in [0.15, 0.2) is 0 Å². The van der Waals surface area contributed by atoms with Crippen molar-refractivity contribution in [3.8, 4) is 0 Å². The monoisotopic (exact) mass is 273 g/mol. The maximum atomic E-state index is 11.8. The quantitative estimate of drug-likeness (QED) is 0.578. The van der Waals surface area contributed by atoms with Crippen molar-refractivity contribution in [3.05, 3.63) is 36.0 Å². The van der Waals surface area contributed by atoms with Crippen LogP contribution in [0.25, 0.3) is 10.9 Å². The maximum Gasteiger partial charge on any atom is 0.310 e. The van der Waals surface area contributed by atoms with Gasteiger partial charge in [-0.1, -0.05) is 50.8 Å². The van der Waals surface area contributed by atoms with Crippen molar-refractivity contribution < 1.29 is 9.53 Å². The van der Waals surface area contributed by atoms with E-state index in [-0.39, 0.29) is 5.97 Å². The van der Waals surface area contributed by atoms with Crippen LogP contribution in [0.2, 0.25) is 0 Å². The van der Waals surface area contributed by atoms with Gasteiger partial charge in [0, 0.05) is 17.1 Å². The second-order valence-corrected chi connectivity index (χ2v) is 5.17. The van der Waals surface area contributed by atoms with Crippen LogP contribution in [-0.4, -0.2) is 17.6 Å². The summed E-state index contributed by atoms with van der Waals surface area (Å²) >= 11 is 0. The van der Waals surface area contributed by atoms with Crippen LogP contribution in [0.3, 0.4) is 0 Å². The van der Waals surface area contributed by atoms with Gasteiger partial charge in [-0.3, -0.25) is 4.79 Å². The molecule has 0 amide bonds. The topological polar surface area (TPSA) is 42.1 Å². The molecule has 1 heterocycles. The van der Waals surface area contributed by atoms with Gasteiger partial charge in [-0.25, -0.2) is 0 Å². The highest BCUT2D eigenvalue weighted by atomic mass is 16.5. The number of H-pyrrole nitrogens is 1. The van der Waals surface area contributed by atoms with E-state index in [2.05, 4.69) is 11.9 Å². The van der Waals surface area contributed by atoms with Gasteiger partial charge in [-0.15, -0.1) is 0 Å². The Balaban J connectivity index is 1.74. The molecule has 0 aliphatic carbocycles. The predicted molar refractivity (Wildman–Crippen MR) is 81.7 cm³/mol. The molecule has 1 N–H and O–H groups in total. The van der Waals surface area contributed by atoms with Crippen LogP contribution in [0.15, 0.2) is 30.5 Å². The van der Waals surface area contributed by atoms with Crippen molar-refractivity contribution in [3.63, 3.8) is 0 Å². The van der Waals surface area contributed by atoms with Gasteiger partial charge in [-0.05, 0) is 18.1 Å². The number of aromatic amines is 1. The molecule has 3 heteroatoms. The molecule has 1 aromatic carbocycles. The normalized spacial score (nSPS) is 10.8. The highest BCUT2D eigenvalue weighted by Crippen LogP contribution is 2.18. The van der Waals surface area contributed by atoms with Crippen LogP contribution in [-0.2, 0) is 16.0 Å². The SMILES string of the molecule is CCCCCCCOC(=O)Cc1c[nH]c2ccccc12. The number of aromatic nitrogens is 1. The Morgan fingerprint density at radius 1 is 1.15 bits per heavy atom. The van der Waals surface area contributed by atoms with Gasteiger partial charge in [0.25, 0.3) is 0 Å². The molecule has 0 fully saturated rings. The Hall–Kier alpha value is -1.77. The summed E-state index contributed by atoms with van der Waals surface area (Å²) < 4.78 is 5.29. The highest BCUT2D eigenvalue weighted by Gasteiger charge is 2.09. The number of carbonyl (C=O) groups excluding carboxylic acids is 1. The van der Waals surface area contributed by atoms with Gasteiger partial charge in [0.05, 0.1) is 13.0 Å². The second kappa shape index (κ2) is 7.73. The molecule has 0 aliphatic heterocycles. The second-order valence-electron chi connectivity index (χ2n) is 5.17. The summed E-state index contributed by atoms with van der Waals surface area (Å²) in [6, 6.07) is 8.01. The molecule has 1 aromatic heterocycles. The largest absolute Gasteiger partial charge is 0.465 e. The molecule has 20 heavy (non-hydrogen) atoms. The highest BCUT2D eigenvalue weighted by molar-refractivity contribution is 5.87. The van der Waals surface area contributed by atoms with Crippen LogP contribution in [0, 0.1) is 0 Å². The number of hydrogen-bond acceptors (Lipinski definition) is 2. The van der Waals surface area contributed by atoms with Gasteiger partial charge in [0.2, 0.25) is 0 Å². The van der Waals surface area contributed by atoms with Crippen LogP contribution in [0.5, 0.6) is 0 Å². The van der Waals surface area contributed by atoms with Crippen molar-refractivity contribution in [1.29, 1.82) is 0 Å². The van der Waals surface area contributed by atoms with E-state index < -0.39 is 0 Å². The van der Waals surface area contributed by atoms with Crippen molar-refractivity contribution in [2.24, 2.45) is 0 Å². The summed E-state index contributed by atoms with van der Waals surface area (Å²) in [5.41, 5.74) is 2.08. The lowest BCUT2D eigenvalue weighted by molar-refractivity contribution is -0.142. The molecule has 3 nitrogen and oxygen atoms in total. The summed E-state index contributed by atoms with van der Waals surface area (Å²) in [6.45, 7) is 2.74. The number of esters is 1. The van der Waals surface area contributed by atoms with E-state index >= 15 is 0 Å². The molecule has 2 rings (SSSR count). The Morgan fingerprint density at radius 2 is 1.95 bits per heavy atom. The van der Waals surface area contributed by atoms with Crippen LogP contribution >= 0.6 is 0 Å². The average Bonchev–Trinajstić information content (AvgIpc) is 2.86. The molecule has 0 unspecified atom stereocenters. The van der Waals surface area contributed by atoms with Crippen LogP contribution in [0.1, 0.15) is 44.6 Å². The minimum Gasteiger partial charge on any atom is -0.465 e. The zero-order valence-electron chi connectivity index (χ0n) is 12.2. The van der Waals surface area contributed by atoms with Crippen LogP contribution < -0.4 is 0 Å². The number of unbranched alkanes of at least 4 members (excludes halogenated alkanes) is 4. The van der Waals surface area contributed by atoms with E-state index in [1.807, 2.05) is 30.5 Å². The van der Waals surface area contributed by atoms with E-state index in [0.29, 0.717) is 13.0 Å². The minimum atomic E-state index is -0.134. The first-order valence-corrected chi connectivity index (χ1v) is 7.52. The molecule has 0 saturated carbocycles. The molecule has 0 bridgehead atoms. The van der Waals surface area contributed by atoms with Crippen molar-refractivity contribution in [1.82, 2.24) is 4.98 Å². The molecule has 0 spiro atoms. The minimum absolute atomic E-state index is 0.134. The van der Waals surface area contributed by atoms with Crippen molar-refractivity contribution in [2.75, 3.05) is 6.61 Å². The summed E-state index contributed by atoms with van der Waals surface area (Å²) in [6.07, 6.45) is 8.10. The molecule has 0 aliphatic rings. The van der Waals surface area contributed by atoms with E-state index in [1.54, 1.807) is 0 Å². The number of fused-ring (bicyclic) bond motifs is 1. The molecule has 2 aromatic rings. The molecular weight excluding hydrogens is 250 g/mol. The van der Waals surface area contributed by atoms with E-state index in [0.717, 1.165) is 29.3 Å². The first-order chi connectivity index (χ1) is 9.81. The molecule has 0 radical (unpaired) electrons. The summed E-state index contributed by atoms with van der Waals surface area (Å²) in [5.74, 6) is -0.134. The third-order valence-electron chi connectivity index (χ3n) is 3.52. The number of benzene rings is 1. The van der Waals surface area contributed by atoms with Gasteiger partial charge in [-0.2, -0.15) is 0 Å². The first-order valence-electron chi connectivity index (χ1n) is 7.52. The lowest BCUT2D eigenvalue weighted by Gasteiger charge is -2.04. The first kappa shape index (κ1) is 14.6. The fourth-order valence-corrected chi connectivity index (χ4v) is 2.38. The number of ether oxygens (including phenoxy) is 1. The Morgan fingerprint density at radius 3 is 2.80 bits per heavy atom. The van der Waals surface area contributed by atoms with E-state index in [9.17, 15) is 4.79 Å². The van der Waals surface area contributed by atoms with Crippen molar-refractivity contribution in [2.45, 2.75) is 45.4 Å². The summed E-state index contributed by atoms with van der Waals surface area (Å²) in [7, 11) is 0. The van der Waals surface area contributed by atoms with E-state index in [1.165, 1.54) is 19.3 Å². The Bertz CT molecular complexity index is 545. The number of nitrogens with one attached hydrogen (secondary N) is 1. The van der Waals surface area contributed by atoms with Crippen molar-refractivity contribution >= 4 is 16.9 Å². The lowest BCUT2D eigenvalue weighted by Crippen LogP contribution is -2.08. The lowest BCUT2D eigenvalue weighted by atomic mass is 10.1. The Kier molecular flexibility index (Phi) is 5.66. The number of rotatable bonds is 8. The third-order valence-corrected chi connectivity index (χ3v) is 3.52. The van der Waals surface area contributed by atoms with Crippen LogP contribution in [0.4, 0.5) is 0 Å². The fraction of sp³-hybridized carbons (Fsp3) is 0.471. The van der Waals surface area contributed by atoms with Gasteiger partial charge in [0.1, 0.15) is 0 Å².